The Morgan fingerprint density at radius 1 is 0.966 bits per heavy atom. The molecule has 0 aliphatic rings. The fraction of sp³-hybridized carbons (Fsp3) is 0.409. The van der Waals surface area contributed by atoms with E-state index in [1.165, 1.54) is 0 Å². The average Bonchev–Trinajstić information content (AvgIpc) is 2.69. The fourth-order valence-corrected chi connectivity index (χ4v) is 2.62. The Kier molecular flexibility index (Phi) is 7.93. The van der Waals surface area contributed by atoms with Crippen LogP contribution < -0.4 is 9.47 Å². The zero-order valence-electron chi connectivity index (χ0n) is 16.7. The summed E-state index contributed by atoms with van der Waals surface area (Å²) in [5, 5.41) is 10.3. The Morgan fingerprint density at radius 3 is 2.17 bits per heavy atom. The number of carbonyl (C=O) groups is 1. The minimum atomic E-state index is -1.56. The molecule has 158 valence electrons. The second kappa shape index (κ2) is 10.2. The lowest BCUT2D eigenvalue weighted by Gasteiger charge is -2.14. The van der Waals surface area contributed by atoms with Gasteiger partial charge in [-0.1, -0.05) is 19.9 Å². The monoisotopic (exact) mass is 410 g/mol. The summed E-state index contributed by atoms with van der Waals surface area (Å²) < 4.78 is 50.3. The average molecular weight is 410 g/mol. The van der Waals surface area contributed by atoms with E-state index in [1.54, 1.807) is 19.1 Å². The Balaban J connectivity index is 1.80. The van der Waals surface area contributed by atoms with Gasteiger partial charge in [-0.05, 0) is 38.0 Å². The quantitative estimate of drug-likeness (QED) is 0.436. The van der Waals surface area contributed by atoms with Crippen LogP contribution in [0.25, 0.3) is 0 Å². The first-order valence-corrected chi connectivity index (χ1v) is 9.45. The molecule has 0 heterocycles. The summed E-state index contributed by atoms with van der Waals surface area (Å²) in [6.07, 6.45) is 1.24. The molecule has 1 N–H and O–H groups in total. The van der Waals surface area contributed by atoms with Crippen molar-refractivity contribution < 1.29 is 32.5 Å². The molecule has 7 heteroatoms. The van der Waals surface area contributed by atoms with Crippen molar-refractivity contribution >= 4 is 5.78 Å². The van der Waals surface area contributed by atoms with Gasteiger partial charge in [0.05, 0.1) is 13.2 Å². The highest BCUT2D eigenvalue weighted by molar-refractivity contribution is 5.83. The summed E-state index contributed by atoms with van der Waals surface area (Å²) >= 11 is 0. The third-order valence-electron chi connectivity index (χ3n) is 4.53. The fourth-order valence-electron chi connectivity index (χ4n) is 2.62. The molecule has 2 aromatic carbocycles. The van der Waals surface area contributed by atoms with Crippen LogP contribution in [0, 0.1) is 30.3 Å². The molecule has 29 heavy (non-hydrogen) atoms. The number of carbonyl (C=O) groups excluding carboxylic acids is 1. The van der Waals surface area contributed by atoms with Gasteiger partial charge >= 0.3 is 0 Å². The van der Waals surface area contributed by atoms with Crippen molar-refractivity contribution in [2.75, 3.05) is 13.2 Å². The number of hydrogen-bond donors (Lipinski definition) is 1. The summed E-state index contributed by atoms with van der Waals surface area (Å²) in [5.41, 5.74) is 1.12. The third-order valence-corrected chi connectivity index (χ3v) is 4.53. The van der Waals surface area contributed by atoms with Crippen molar-refractivity contribution in [3.63, 3.8) is 0 Å². The van der Waals surface area contributed by atoms with Gasteiger partial charge in [0.1, 0.15) is 17.3 Å². The lowest BCUT2D eigenvalue weighted by molar-refractivity contribution is -0.121. The highest BCUT2D eigenvalue weighted by atomic mass is 19.2. The summed E-state index contributed by atoms with van der Waals surface area (Å²) in [6.45, 7) is 5.78. The number of phenols is 1. The molecule has 0 aliphatic heterocycles. The number of ether oxygens (including phenoxy) is 2. The first kappa shape index (κ1) is 22.6. The van der Waals surface area contributed by atoms with Crippen molar-refractivity contribution in [1.29, 1.82) is 0 Å². The van der Waals surface area contributed by atoms with Crippen LogP contribution in [0.4, 0.5) is 13.2 Å². The van der Waals surface area contributed by atoms with Gasteiger partial charge in [0, 0.05) is 23.5 Å². The predicted molar refractivity (Wildman–Crippen MR) is 103 cm³/mol. The number of benzene rings is 2. The number of aromatic hydroxyl groups is 1. The summed E-state index contributed by atoms with van der Waals surface area (Å²) in [4.78, 5) is 11.9. The zero-order chi connectivity index (χ0) is 21.6. The number of hydrogen-bond acceptors (Lipinski definition) is 4. The molecule has 0 spiro atoms. The van der Waals surface area contributed by atoms with Crippen LogP contribution in [-0.4, -0.2) is 24.1 Å². The molecule has 0 bridgehead atoms. The first-order chi connectivity index (χ1) is 13.7. The smallest absolute Gasteiger partial charge is 0.203 e. The largest absolute Gasteiger partial charge is 0.507 e. The Morgan fingerprint density at radius 2 is 1.55 bits per heavy atom. The van der Waals surface area contributed by atoms with E-state index in [4.69, 9.17) is 9.47 Å². The van der Waals surface area contributed by atoms with E-state index in [2.05, 4.69) is 0 Å². The van der Waals surface area contributed by atoms with Crippen LogP contribution in [-0.2, 0) is 11.2 Å². The highest BCUT2D eigenvalue weighted by Gasteiger charge is 2.16. The van der Waals surface area contributed by atoms with Gasteiger partial charge < -0.3 is 14.6 Å². The molecule has 2 aromatic rings. The molecule has 0 aromatic heterocycles. The van der Waals surface area contributed by atoms with Crippen molar-refractivity contribution in [2.45, 2.75) is 40.0 Å². The van der Waals surface area contributed by atoms with Gasteiger partial charge in [-0.15, -0.1) is 0 Å². The standard InChI is InChI=1S/C22H25F3O4/c1-13(2)17(26)12-15-6-8-18(14(3)22(15)27)28-10-4-5-11-29-19-9-7-16(23)20(24)21(19)25/h6-9,13,27H,4-5,10-12H2,1-3H3. The molecule has 0 amide bonds. The van der Waals surface area contributed by atoms with E-state index >= 15 is 0 Å². The maximum atomic E-state index is 13.5. The van der Waals surface area contributed by atoms with Crippen LogP contribution in [0.3, 0.4) is 0 Å². The molecular formula is C22H25F3O4. The molecule has 0 radical (unpaired) electrons. The van der Waals surface area contributed by atoms with Crippen molar-refractivity contribution in [2.24, 2.45) is 5.92 Å². The lowest BCUT2D eigenvalue weighted by Crippen LogP contribution is -2.10. The molecule has 0 atom stereocenters. The summed E-state index contributed by atoms with van der Waals surface area (Å²) in [7, 11) is 0. The SMILES string of the molecule is Cc1c(OCCCCOc2ccc(F)c(F)c2F)ccc(CC(=O)C(C)C)c1O. The van der Waals surface area contributed by atoms with Gasteiger partial charge in [-0.2, -0.15) is 4.39 Å². The highest BCUT2D eigenvalue weighted by Crippen LogP contribution is 2.31. The molecule has 0 fully saturated rings. The van der Waals surface area contributed by atoms with Crippen LogP contribution in [0.15, 0.2) is 24.3 Å². The second-order valence-electron chi connectivity index (χ2n) is 7.07. The van der Waals surface area contributed by atoms with E-state index in [-0.39, 0.29) is 36.2 Å². The normalized spacial score (nSPS) is 11.0. The summed E-state index contributed by atoms with van der Waals surface area (Å²) in [5.74, 6) is -4.00. The number of rotatable bonds is 10. The lowest BCUT2D eigenvalue weighted by atomic mass is 9.98. The topological polar surface area (TPSA) is 55.8 Å². The van der Waals surface area contributed by atoms with E-state index in [9.17, 15) is 23.1 Å². The van der Waals surface area contributed by atoms with E-state index < -0.39 is 17.5 Å². The van der Waals surface area contributed by atoms with Gasteiger partial charge in [-0.25, -0.2) is 8.78 Å². The van der Waals surface area contributed by atoms with Crippen LogP contribution in [0.1, 0.15) is 37.8 Å². The second-order valence-corrected chi connectivity index (χ2v) is 7.07. The van der Waals surface area contributed by atoms with Crippen molar-refractivity contribution in [1.82, 2.24) is 0 Å². The Hall–Kier alpha value is -2.70. The minimum Gasteiger partial charge on any atom is -0.507 e. The predicted octanol–water partition coefficient (Wildman–Crippen LogP) is 5.12. The molecular weight excluding hydrogens is 385 g/mol. The van der Waals surface area contributed by atoms with Crippen LogP contribution >= 0.6 is 0 Å². The Bertz CT molecular complexity index is 866. The molecule has 4 nitrogen and oxygen atoms in total. The number of phenolic OH excluding ortho intramolecular Hbond substituents is 1. The number of unbranched alkanes of at least 4 members (excludes halogenated alkanes) is 1. The van der Waals surface area contributed by atoms with Crippen LogP contribution in [0.5, 0.6) is 17.2 Å². The molecule has 0 unspecified atom stereocenters. The molecule has 0 saturated heterocycles. The molecule has 0 saturated carbocycles. The van der Waals surface area contributed by atoms with Crippen LogP contribution in [0.2, 0.25) is 0 Å². The van der Waals surface area contributed by atoms with Gasteiger partial charge in [0.25, 0.3) is 0 Å². The summed E-state index contributed by atoms with van der Waals surface area (Å²) in [6, 6.07) is 5.24. The van der Waals surface area contributed by atoms with Gasteiger partial charge in [0.15, 0.2) is 17.4 Å². The Labute approximate surface area is 168 Å². The number of ketones is 1. The number of halogens is 3. The number of Topliss-reactive ketones (excluding diaryl/α,β-unsaturated/α-hetero) is 1. The third kappa shape index (κ3) is 5.89. The maximum absolute atomic E-state index is 13.5. The first-order valence-electron chi connectivity index (χ1n) is 9.45. The van der Waals surface area contributed by atoms with E-state index in [0.29, 0.717) is 36.3 Å². The van der Waals surface area contributed by atoms with Gasteiger partial charge in [0.2, 0.25) is 5.82 Å². The minimum absolute atomic E-state index is 0.0471. The molecule has 0 aliphatic carbocycles. The van der Waals surface area contributed by atoms with E-state index in [1.807, 2.05) is 13.8 Å². The molecule has 2 rings (SSSR count). The van der Waals surface area contributed by atoms with E-state index in [0.717, 1.165) is 12.1 Å². The zero-order valence-corrected chi connectivity index (χ0v) is 16.7. The maximum Gasteiger partial charge on any atom is 0.203 e. The van der Waals surface area contributed by atoms with Gasteiger partial charge in [-0.3, -0.25) is 4.79 Å². The van der Waals surface area contributed by atoms with Crippen molar-refractivity contribution in [3.05, 3.63) is 52.8 Å². The van der Waals surface area contributed by atoms with Crippen molar-refractivity contribution in [3.8, 4) is 17.2 Å².